The van der Waals surface area contributed by atoms with Crippen LogP contribution < -0.4 is 14.5 Å². The van der Waals surface area contributed by atoms with Gasteiger partial charge < -0.3 is 14.5 Å². The van der Waals surface area contributed by atoms with Gasteiger partial charge in [0.1, 0.15) is 0 Å². The zero-order chi connectivity index (χ0) is 32.8. The van der Waals surface area contributed by atoms with E-state index in [9.17, 15) is 0 Å². The first kappa shape index (κ1) is 40.7. The van der Waals surface area contributed by atoms with Gasteiger partial charge in [-0.05, 0) is 70.2 Å². The van der Waals surface area contributed by atoms with Crippen molar-refractivity contribution in [2.24, 2.45) is 0 Å². The molecular formula is C38H55Cl2N2O2Ru-. The minimum absolute atomic E-state index is 0. The molecule has 0 atom stereocenters. The third-order valence-corrected chi connectivity index (χ3v) is 8.74. The van der Waals surface area contributed by atoms with Crippen LogP contribution in [-0.2, 0) is 18.3 Å². The molecule has 4 nitrogen and oxygen atoms in total. The van der Waals surface area contributed by atoms with Gasteiger partial charge in [0, 0.05) is 24.5 Å². The van der Waals surface area contributed by atoms with Gasteiger partial charge in [-0.3, -0.25) is 0 Å². The molecule has 1 aliphatic heterocycles. The molecule has 0 N–H and O–H groups in total. The fourth-order valence-electron chi connectivity index (χ4n) is 5.41. The standard InChI is InChI=1S/C21H27N2.C10H12O.C6H12O.CH4.2ClH.Ru/c1-14-9-16(3)20(17(4)10-14)22-7-8-23(13-22)21-18(5)11-15(2)12-19(21)6;1-8(2)11-10-7-5-4-6-9(10)3;1-3-5-6-7-4-2;;;;/h9-13H,7-8H2,1-6H3;3-8H,1-2H3;4H,2-3,5-6H2,1H3;1H4;2*1H;/q-1;;;;;;+2/p-2. The minimum atomic E-state index is -1.77. The van der Waals surface area contributed by atoms with Crippen molar-refractivity contribution in [3.63, 3.8) is 0 Å². The molecule has 0 aliphatic carbocycles. The van der Waals surface area contributed by atoms with Crippen LogP contribution in [0.3, 0.4) is 0 Å². The van der Waals surface area contributed by atoms with E-state index in [1.165, 1.54) is 57.4 Å². The summed E-state index contributed by atoms with van der Waals surface area (Å²) in [6.45, 7) is 27.9. The number of hydrogen-bond acceptors (Lipinski definition) is 4. The van der Waals surface area contributed by atoms with Crippen molar-refractivity contribution in [1.82, 2.24) is 0 Å². The first-order valence-corrected chi connectivity index (χ1v) is 20.7. The average Bonchev–Trinajstić information content (AvgIpc) is 3.38. The summed E-state index contributed by atoms with van der Waals surface area (Å²) in [7, 11) is 11.6. The van der Waals surface area contributed by atoms with Gasteiger partial charge in [-0.1, -0.05) is 62.7 Å². The molecule has 0 spiro atoms. The average molecular weight is 744 g/mol. The van der Waals surface area contributed by atoms with Crippen LogP contribution in [0.1, 0.15) is 80.0 Å². The summed E-state index contributed by atoms with van der Waals surface area (Å²) in [4.78, 5) is 4.81. The van der Waals surface area contributed by atoms with E-state index in [0.717, 1.165) is 37.4 Å². The molecule has 0 bridgehead atoms. The quantitative estimate of drug-likeness (QED) is 0.0943. The van der Waals surface area contributed by atoms with E-state index in [4.69, 9.17) is 28.9 Å². The van der Waals surface area contributed by atoms with Crippen molar-refractivity contribution in [3.05, 3.63) is 107 Å². The second-order valence-corrected chi connectivity index (χ2v) is 17.1. The molecule has 1 heterocycles. The number of rotatable bonds is 9. The van der Waals surface area contributed by atoms with Crippen LogP contribution in [0.4, 0.5) is 11.4 Å². The van der Waals surface area contributed by atoms with Gasteiger partial charge in [0.15, 0.2) is 0 Å². The van der Waals surface area contributed by atoms with Crippen LogP contribution in [-0.4, -0.2) is 30.4 Å². The van der Waals surface area contributed by atoms with E-state index in [-0.39, 0.29) is 13.5 Å². The summed E-state index contributed by atoms with van der Waals surface area (Å²) >= 11 is -1.77. The van der Waals surface area contributed by atoms with E-state index < -0.39 is 13.5 Å². The Morgan fingerprint density at radius 1 is 0.867 bits per heavy atom. The van der Waals surface area contributed by atoms with Gasteiger partial charge >= 0.3 is 97.8 Å². The minimum Gasteiger partial charge on any atom is -0.502 e. The Morgan fingerprint density at radius 2 is 1.33 bits per heavy atom. The monoisotopic (exact) mass is 743 g/mol. The zero-order valence-corrected chi connectivity index (χ0v) is 31.2. The predicted octanol–water partition coefficient (Wildman–Crippen LogP) is 11.1. The maximum absolute atomic E-state index is 5.82. The molecule has 1 saturated heterocycles. The third kappa shape index (κ3) is 13.5. The van der Waals surface area contributed by atoms with Gasteiger partial charge in [-0.25, -0.2) is 0 Å². The number of hydrogen-bond donors (Lipinski definition) is 0. The largest absolute Gasteiger partial charge is 0.502 e. The van der Waals surface area contributed by atoms with Crippen molar-refractivity contribution >= 4 is 35.4 Å². The summed E-state index contributed by atoms with van der Waals surface area (Å²) < 4.78 is 12.4. The van der Waals surface area contributed by atoms with Crippen molar-refractivity contribution < 1.29 is 23.0 Å². The van der Waals surface area contributed by atoms with Crippen LogP contribution in [0.5, 0.6) is 5.75 Å². The summed E-state index contributed by atoms with van der Waals surface area (Å²) in [5.41, 5.74) is 11.8. The fraction of sp³-hybridized carbons (Fsp3) is 0.421. The maximum atomic E-state index is 5.82. The molecule has 4 rings (SSSR count). The van der Waals surface area contributed by atoms with Crippen molar-refractivity contribution in [3.8, 4) is 5.75 Å². The maximum Gasteiger partial charge on any atom is 0.0146 e. The number of unbranched alkanes of at least 4 members (excludes halogenated alkanes) is 1. The summed E-state index contributed by atoms with van der Waals surface area (Å²) in [6, 6.07) is 16.9. The fourth-order valence-corrected chi connectivity index (χ4v) is 7.22. The molecule has 3 aromatic carbocycles. The number of para-hydroxylation sites is 1. The van der Waals surface area contributed by atoms with Crippen LogP contribution in [0.15, 0.2) is 61.4 Å². The second kappa shape index (κ2) is 20.7. The Bertz CT molecular complexity index is 1280. The van der Waals surface area contributed by atoms with E-state index in [1.807, 2.05) is 42.7 Å². The molecule has 7 heteroatoms. The molecule has 1 aliphatic rings. The van der Waals surface area contributed by atoms with Gasteiger partial charge in [-0.15, -0.1) is 0 Å². The van der Waals surface area contributed by atoms with Crippen LogP contribution in [0.25, 0.3) is 0 Å². The van der Waals surface area contributed by atoms with Crippen LogP contribution in [0.2, 0.25) is 0 Å². The molecule has 0 unspecified atom stereocenters. The van der Waals surface area contributed by atoms with Crippen LogP contribution in [0, 0.1) is 48.2 Å². The normalized spacial score (nSPS) is 12.3. The third-order valence-electron chi connectivity index (χ3n) is 6.91. The number of benzene rings is 3. The topological polar surface area (TPSA) is 24.9 Å². The SMILES string of the molecule is C.C=COCCCC.CC(C)Oc1ccccc1[CH]=[Ru]([Cl])[Cl].Cc1cc(C)c(N2[CH-]N(c3c(C)cc(C)cc3C)CC2)c(C)c1. The summed E-state index contributed by atoms with van der Waals surface area (Å²) in [5.74, 6) is 0.850. The zero-order valence-electron chi connectivity index (χ0n) is 28.0. The van der Waals surface area contributed by atoms with Gasteiger partial charge in [0.25, 0.3) is 0 Å². The van der Waals surface area contributed by atoms with Gasteiger partial charge in [0.2, 0.25) is 0 Å². The smallest absolute Gasteiger partial charge is 0.0146 e. The Labute approximate surface area is 287 Å². The Morgan fingerprint density at radius 3 is 1.73 bits per heavy atom. The van der Waals surface area contributed by atoms with E-state index in [1.54, 1.807) is 0 Å². The molecule has 0 saturated carbocycles. The molecular weight excluding hydrogens is 688 g/mol. The van der Waals surface area contributed by atoms with E-state index in [0.29, 0.717) is 0 Å². The number of nitrogens with zero attached hydrogens (tertiary/aromatic N) is 2. The summed E-state index contributed by atoms with van der Waals surface area (Å²) in [5, 5.41) is 0. The molecule has 0 amide bonds. The number of ether oxygens (including phenoxy) is 2. The predicted molar refractivity (Wildman–Crippen MR) is 197 cm³/mol. The van der Waals surface area contributed by atoms with Crippen molar-refractivity contribution in [2.45, 2.75) is 88.7 Å². The van der Waals surface area contributed by atoms with Crippen LogP contribution >= 0.6 is 19.4 Å². The van der Waals surface area contributed by atoms with Crippen molar-refractivity contribution in [2.75, 3.05) is 29.5 Å². The first-order valence-electron chi connectivity index (χ1n) is 15.2. The Kier molecular flexibility index (Phi) is 18.7. The molecule has 0 radical (unpaired) electrons. The van der Waals surface area contributed by atoms with E-state index in [2.05, 4.69) is 95.8 Å². The second-order valence-electron chi connectivity index (χ2n) is 11.4. The molecule has 252 valence electrons. The Hall–Kier alpha value is -2.33. The molecule has 0 aromatic heterocycles. The van der Waals surface area contributed by atoms with E-state index >= 15 is 0 Å². The Balaban J connectivity index is 0.000000393. The van der Waals surface area contributed by atoms with Crippen molar-refractivity contribution in [1.29, 1.82) is 0 Å². The molecule has 1 fully saturated rings. The number of aryl methyl sites for hydroxylation is 6. The number of anilines is 2. The summed E-state index contributed by atoms with van der Waals surface area (Å²) in [6.07, 6.45) is 3.96. The molecule has 3 aromatic rings. The van der Waals surface area contributed by atoms with Gasteiger partial charge in [0.05, 0.1) is 12.9 Å². The first-order chi connectivity index (χ1) is 20.9. The molecule has 45 heavy (non-hydrogen) atoms. The van der Waals surface area contributed by atoms with Gasteiger partial charge in [-0.2, -0.15) is 6.67 Å². The number of halogens is 2.